The van der Waals surface area contributed by atoms with E-state index in [1.165, 1.54) is 22.8 Å². The summed E-state index contributed by atoms with van der Waals surface area (Å²) in [6.07, 6.45) is 0.0357. The van der Waals surface area contributed by atoms with Gasteiger partial charge in [0.2, 0.25) is 5.91 Å². The predicted molar refractivity (Wildman–Crippen MR) is 85.1 cm³/mol. The number of hydrogen-bond donors (Lipinski definition) is 2. The topological polar surface area (TPSA) is 110 Å². The molecule has 2 heterocycles. The van der Waals surface area contributed by atoms with Crippen LogP contribution < -0.4 is 10.9 Å². The third-order valence-electron chi connectivity index (χ3n) is 3.84. The van der Waals surface area contributed by atoms with E-state index in [2.05, 4.69) is 10.3 Å². The molecule has 1 atom stereocenters. The van der Waals surface area contributed by atoms with E-state index in [0.29, 0.717) is 16.9 Å². The fraction of sp³-hybridized carbons (Fsp3) is 0.214. The van der Waals surface area contributed by atoms with Crippen molar-refractivity contribution in [1.29, 1.82) is 0 Å². The van der Waals surface area contributed by atoms with E-state index in [9.17, 15) is 19.7 Å². The number of nitrogens with zero attached hydrogens (tertiary/aromatic N) is 2. The summed E-state index contributed by atoms with van der Waals surface area (Å²) in [6.45, 7) is 0. The number of carbonyl (C=O) groups excluding carboxylic acids is 1. The lowest BCUT2D eigenvalue weighted by Gasteiger charge is -2.26. The maximum absolute atomic E-state index is 12.3. The first-order valence-corrected chi connectivity index (χ1v) is 7.16. The third kappa shape index (κ3) is 2.55. The molecule has 1 amide bonds. The highest BCUT2D eigenvalue weighted by atomic mass is 32.1. The monoisotopic (exact) mass is 332 g/mol. The molecule has 0 bridgehead atoms. The lowest BCUT2D eigenvalue weighted by atomic mass is 9.86. The number of hydrogen-bond acceptors (Lipinski definition) is 5. The summed E-state index contributed by atoms with van der Waals surface area (Å²) in [5.41, 5.74) is 0.398. The molecule has 1 aromatic heterocycles. The first kappa shape index (κ1) is 15.1. The molecule has 0 saturated carbocycles. The van der Waals surface area contributed by atoms with Gasteiger partial charge in [0.25, 0.3) is 11.2 Å². The minimum absolute atomic E-state index is 0.0357. The molecule has 0 spiro atoms. The van der Waals surface area contributed by atoms with Gasteiger partial charge < -0.3 is 9.88 Å². The van der Waals surface area contributed by atoms with Crippen LogP contribution in [0.3, 0.4) is 0 Å². The summed E-state index contributed by atoms with van der Waals surface area (Å²) in [6, 6.07) is 5.95. The van der Waals surface area contributed by atoms with Crippen molar-refractivity contribution >= 4 is 29.6 Å². The maximum Gasteiger partial charge on any atom is 0.269 e. The first-order chi connectivity index (χ1) is 10.9. The number of carbonyl (C=O) groups is 1. The van der Waals surface area contributed by atoms with E-state index in [1.54, 1.807) is 13.1 Å². The number of nitro benzene ring substituents is 1. The fourth-order valence-corrected chi connectivity index (χ4v) is 2.91. The van der Waals surface area contributed by atoms with E-state index < -0.39 is 16.4 Å². The van der Waals surface area contributed by atoms with Gasteiger partial charge in [-0.2, -0.15) is 0 Å². The number of aromatic amines is 1. The molecule has 118 valence electrons. The van der Waals surface area contributed by atoms with Gasteiger partial charge in [-0.1, -0.05) is 12.1 Å². The number of nitrogens with one attached hydrogen (secondary N) is 2. The second kappa shape index (κ2) is 5.43. The minimum Gasteiger partial charge on any atom is -0.312 e. The van der Waals surface area contributed by atoms with Crippen LogP contribution in [0.25, 0.3) is 0 Å². The Balaban J connectivity index is 2.24. The van der Waals surface area contributed by atoms with Crippen molar-refractivity contribution in [2.75, 3.05) is 5.32 Å². The zero-order valence-corrected chi connectivity index (χ0v) is 12.8. The molecular formula is C14H12N4O4S. The summed E-state index contributed by atoms with van der Waals surface area (Å²) in [4.78, 5) is 37.3. The van der Waals surface area contributed by atoms with Crippen LogP contribution in [0.1, 0.15) is 23.5 Å². The minimum atomic E-state index is -0.566. The maximum atomic E-state index is 12.3. The number of fused-ring (bicyclic) bond motifs is 1. The van der Waals surface area contributed by atoms with Crippen LogP contribution in [-0.2, 0) is 11.8 Å². The van der Waals surface area contributed by atoms with E-state index in [-0.39, 0.29) is 22.8 Å². The molecule has 2 aromatic rings. The highest BCUT2D eigenvalue weighted by Gasteiger charge is 2.31. The van der Waals surface area contributed by atoms with Crippen molar-refractivity contribution in [1.82, 2.24) is 9.55 Å². The Morgan fingerprint density at radius 1 is 1.39 bits per heavy atom. The molecule has 1 aliphatic heterocycles. The summed E-state index contributed by atoms with van der Waals surface area (Å²) in [7, 11) is 1.63. The molecule has 0 fully saturated rings. The highest BCUT2D eigenvalue weighted by Crippen LogP contribution is 2.35. The Morgan fingerprint density at radius 2 is 2.13 bits per heavy atom. The fourth-order valence-electron chi connectivity index (χ4n) is 2.72. The summed E-state index contributed by atoms with van der Waals surface area (Å²) in [5.74, 6) is -0.514. The summed E-state index contributed by atoms with van der Waals surface area (Å²) in [5, 5.41) is 13.6. The van der Waals surface area contributed by atoms with Crippen molar-refractivity contribution < 1.29 is 9.72 Å². The van der Waals surface area contributed by atoms with Gasteiger partial charge in [-0.3, -0.25) is 24.7 Å². The second-order valence-electron chi connectivity index (χ2n) is 5.24. The van der Waals surface area contributed by atoms with Gasteiger partial charge in [-0.15, -0.1) is 0 Å². The molecule has 0 radical (unpaired) electrons. The molecule has 23 heavy (non-hydrogen) atoms. The Bertz CT molecular complexity index is 947. The zero-order valence-electron chi connectivity index (χ0n) is 12.0. The number of rotatable bonds is 2. The Hall–Kier alpha value is -2.81. The first-order valence-electron chi connectivity index (χ1n) is 6.76. The van der Waals surface area contributed by atoms with Crippen LogP contribution >= 0.6 is 12.2 Å². The van der Waals surface area contributed by atoms with Crippen LogP contribution in [0.2, 0.25) is 0 Å². The largest absolute Gasteiger partial charge is 0.312 e. The quantitative estimate of drug-likeness (QED) is 0.495. The smallest absolute Gasteiger partial charge is 0.269 e. The van der Waals surface area contributed by atoms with E-state index in [1.807, 2.05) is 0 Å². The average molecular weight is 332 g/mol. The molecule has 9 heteroatoms. The number of H-pyrrole nitrogens is 1. The number of amides is 1. The number of non-ortho nitro benzene ring substituents is 1. The van der Waals surface area contributed by atoms with Crippen LogP contribution in [0.4, 0.5) is 11.5 Å². The number of nitro groups is 1. The predicted octanol–water partition coefficient (Wildman–Crippen LogP) is 1.83. The Morgan fingerprint density at radius 3 is 2.83 bits per heavy atom. The summed E-state index contributed by atoms with van der Waals surface area (Å²) >= 11 is 5.04. The molecule has 0 saturated heterocycles. The van der Waals surface area contributed by atoms with E-state index in [4.69, 9.17) is 12.2 Å². The molecule has 1 aromatic carbocycles. The standard InChI is InChI=1S/C14H12N4O4S/c1-17-12-11(13(20)16-14(17)23)9(6-10(19)15-12)7-3-2-4-8(5-7)18(21)22/h2-5,9H,6H2,1H3,(H,15,19)(H,16,20,23). The lowest BCUT2D eigenvalue weighted by molar-refractivity contribution is -0.384. The van der Waals surface area contributed by atoms with Crippen LogP contribution in [0.5, 0.6) is 0 Å². The lowest BCUT2D eigenvalue weighted by Crippen LogP contribution is -2.33. The Kier molecular flexibility index (Phi) is 3.57. The molecule has 0 aliphatic carbocycles. The van der Waals surface area contributed by atoms with Gasteiger partial charge in [-0.05, 0) is 17.8 Å². The number of anilines is 1. The van der Waals surface area contributed by atoms with Crippen molar-refractivity contribution in [3.63, 3.8) is 0 Å². The van der Waals surface area contributed by atoms with E-state index in [0.717, 1.165) is 0 Å². The van der Waals surface area contributed by atoms with Gasteiger partial charge >= 0.3 is 0 Å². The molecule has 2 N–H and O–H groups in total. The van der Waals surface area contributed by atoms with Gasteiger partial charge in [0.15, 0.2) is 4.77 Å². The average Bonchev–Trinajstić information content (AvgIpc) is 2.52. The normalized spacial score (nSPS) is 16.6. The summed E-state index contributed by atoms with van der Waals surface area (Å²) < 4.78 is 1.70. The molecule has 1 unspecified atom stereocenters. The van der Waals surface area contributed by atoms with Crippen molar-refractivity contribution in [3.8, 4) is 0 Å². The second-order valence-corrected chi connectivity index (χ2v) is 5.62. The molecule has 3 rings (SSSR count). The Labute approximate surface area is 134 Å². The van der Waals surface area contributed by atoms with Crippen molar-refractivity contribution in [2.45, 2.75) is 12.3 Å². The molecular weight excluding hydrogens is 320 g/mol. The van der Waals surface area contributed by atoms with Crippen molar-refractivity contribution in [3.05, 3.63) is 60.6 Å². The molecule has 8 nitrogen and oxygen atoms in total. The van der Waals surface area contributed by atoms with Crippen molar-refractivity contribution in [2.24, 2.45) is 7.05 Å². The number of aromatic nitrogens is 2. The zero-order chi connectivity index (χ0) is 16.7. The SMILES string of the molecule is Cn1c2c(c(=O)[nH]c1=S)C(c1cccc([N+](=O)[O-])c1)CC(=O)N2. The highest BCUT2D eigenvalue weighted by molar-refractivity contribution is 7.71. The van der Waals surface area contributed by atoms with Gasteiger partial charge in [0, 0.05) is 31.5 Å². The molecule has 1 aliphatic rings. The van der Waals surface area contributed by atoms with Gasteiger partial charge in [0.1, 0.15) is 5.82 Å². The van der Waals surface area contributed by atoms with Crippen LogP contribution in [-0.4, -0.2) is 20.4 Å². The van der Waals surface area contributed by atoms with Gasteiger partial charge in [0.05, 0.1) is 10.5 Å². The number of benzene rings is 1. The van der Waals surface area contributed by atoms with Crippen LogP contribution in [0.15, 0.2) is 29.1 Å². The third-order valence-corrected chi connectivity index (χ3v) is 4.22. The van der Waals surface area contributed by atoms with Crippen LogP contribution in [0, 0.1) is 14.9 Å². The van der Waals surface area contributed by atoms with Gasteiger partial charge in [-0.25, -0.2) is 0 Å². The van der Waals surface area contributed by atoms with E-state index >= 15 is 0 Å².